The van der Waals surface area contributed by atoms with Gasteiger partial charge in [-0.2, -0.15) is 0 Å². The Morgan fingerprint density at radius 1 is 1.55 bits per heavy atom. The zero-order valence-electron chi connectivity index (χ0n) is 11.4. The van der Waals surface area contributed by atoms with E-state index < -0.39 is 0 Å². The predicted octanol–water partition coefficient (Wildman–Crippen LogP) is 3.27. The van der Waals surface area contributed by atoms with Crippen LogP contribution in [0.4, 0.5) is 5.82 Å². The topological polar surface area (TPSA) is 58.4 Å². The Morgan fingerprint density at radius 2 is 2.35 bits per heavy atom. The highest BCUT2D eigenvalue weighted by Crippen LogP contribution is 2.20. The number of anilines is 1. The molecule has 108 valence electrons. The minimum absolute atomic E-state index is 0.0579. The van der Waals surface area contributed by atoms with Crippen molar-refractivity contribution in [1.29, 1.82) is 0 Å². The second-order valence-electron chi connectivity index (χ2n) is 4.59. The summed E-state index contributed by atoms with van der Waals surface area (Å²) in [5.74, 6) is 1.09. The lowest BCUT2D eigenvalue weighted by molar-refractivity contribution is -0.116. The summed E-state index contributed by atoms with van der Waals surface area (Å²) in [5.41, 5.74) is 0. The third-order valence-electron chi connectivity index (χ3n) is 2.66. The Labute approximate surface area is 130 Å². The van der Waals surface area contributed by atoms with Crippen molar-refractivity contribution in [3.8, 4) is 0 Å². The van der Waals surface area contributed by atoms with Crippen molar-refractivity contribution in [3.05, 3.63) is 32.6 Å². The molecule has 2 aromatic rings. The fourth-order valence-corrected chi connectivity index (χ4v) is 3.24. The van der Waals surface area contributed by atoms with Crippen molar-refractivity contribution < 1.29 is 9.32 Å². The number of hydrogen-bond donors (Lipinski definition) is 1. The number of amides is 1. The van der Waals surface area contributed by atoms with Crippen molar-refractivity contribution >= 4 is 39.0 Å². The number of aryl methyl sites for hydroxylation is 1. The first-order valence-corrected chi connectivity index (χ1v) is 7.85. The molecule has 1 amide bonds. The lowest BCUT2D eigenvalue weighted by Gasteiger charge is -2.14. The summed E-state index contributed by atoms with van der Waals surface area (Å²) in [7, 11) is 2.00. The monoisotopic (exact) mass is 357 g/mol. The molecule has 0 saturated carbocycles. The normalized spacial score (nSPS) is 11.0. The summed E-state index contributed by atoms with van der Waals surface area (Å²) in [6, 6.07) is 3.80. The first kappa shape index (κ1) is 15.2. The number of nitrogens with one attached hydrogen (secondary N) is 1. The second kappa shape index (κ2) is 7.01. The Bertz CT molecular complexity index is 582. The van der Waals surface area contributed by atoms with E-state index in [9.17, 15) is 4.79 Å². The van der Waals surface area contributed by atoms with Gasteiger partial charge in [-0.15, -0.1) is 11.3 Å². The Balaban J connectivity index is 1.72. The average molecular weight is 358 g/mol. The number of rotatable bonds is 6. The van der Waals surface area contributed by atoms with Crippen LogP contribution in [0.15, 0.2) is 26.5 Å². The highest BCUT2D eigenvalue weighted by atomic mass is 79.9. The third kappa shape index (κ3) is 4.73. The largest absolute Gasteiger partial charge is 0.360 e. The van der Waals surface area contributed by atoms with Crippen LogP contribution in [0.3, 0.4) is 0 Å². The van der Waals surface area contributed by atoms with E-state index in [4.69, 9.17) is 4.52 Å². The van der Waals surface area contributed by atoms with Gasteiger partial charge < -0.3 is 14.7 Å². The zero-order valence-corrected chi connectivity index (χ0v) is 13.8. The van der Waals surface area contributed by atoms with Gasteiger partial charge in [0, 0.05) is 40.3 Å². The van der Waals surface area contributed by atoms with E-state index in [1.807, 2.05) is 7.05 Å². The molecule has 0 saturated heterocycles. The van der Waals surface area contributed by atoms with Crippen molar-refractivity contribution in [1.82, 2.24) is 10.1 Å². The third-order valence-corrected chi connectivity index (χ3v) is 4.35. The van der Waals surface area contributed by atoms with E-state index in [1.165, 1.54) is 4.88 Å². The molecule has 2 heterocycles. The smallest absolute Gasteiger partial charge is 0.226 e. The average Bonchev–Trinajstić information content (AvgIpc) is 2.96. The number of aromatic nitrogens is 1. The van der Waals surface area contributed by atoms with Gasteiger partial charge >= 0.3 is 0 Å². The number of carbonyl (C=O) groups excluding carboxylic acids is 1. The number of carbonyl (C=O) groups is 1. The fraction of sp³-hybridized carbons (Fsp3) is 0.385. The molecule has 0 aliphatic carbocycles. The molecule has 0 atom stereocenters. The molecule has 1 N–H and O–H groups in total. The van der Waals surface area contributed by atoms with E-state index in [0.717, 1.165) is 11.0 Å². The van der Waals surface area contributed by atoms with Gasteiger partial charge in [-0.3, -0.25) is 4.79 Å². The van der Waals surface area contributed by atoms with Crippen LogP contribution >= 0.6 is 27.3 Å². The van der Waals surface area contributed by atoms with Crippen LogP contribution in [0.2, 0.25) is 0 Å². The van der Waals surface area contributed by atoms with Crippen LogP contribution in [0.5, 0.6) is 0 Å². The molecule has 0 fully saturated rings. The van der Waals surface area contributed by atoms with Crippen LogP contribution in [-0.2, 0) is 11.3 Å². The molecular weight excluding hydrogens is 342 g/mol. The summed E-state index contributed by atoms with van der Waals surface area (Å²) in [6.07, 6.45) is 0.426. The van der Waals surface area contributed by atoms with Crippen molar-refractivity contribution in [2.75, 3.05) is 18.9 Å². The molecule has 0 unspecified atom stereocenters. The molecule has 20 heavy (non-hydrogen) atoms. The molecule has 0 aliphatic heterocycles. The quantitative estimate of drug-likeness (QED) is 0.861. The molecule has 2 aromatic heterocycles. The predicted molar refractivity (Wildman–Crippen MR) is 82.8 cm³/mol. The van der Waals surface area contributed by atoms with E-state index in [2.05, 4.69) is 42.7 Å². The number of nitrogens with zero attached hydrogens (tertiary/aromatic N) is 2. The van der Waals surface area contributed by atoms with Crippen molar-refractivity contribution in [2.24, 2.45) is 0 Å². The molecule has 0 bridgehead atoms. The van der Waals surface area contributed by atoms with E-state index in [1.54, 1.807) is 24.3 Å². The van der Waals surface area contributed by atoms with Gasteiger partial charge in [-0.05, 0) is 36.0 Å². The van der Waals surface area contributed by atoms with Gasteiger partial charge in [-0.25, -0.2) is 0 Å². The molecule has 0 radical (unpaired) electrons. The maximum absolute atomic E-state index is 11.8. The van der Waals surface area contributed by atoms with Crippen LogP contribution < -0.4 is 5.32 Å². The number of thiophene rings is 1. The van der Waals surface area contributed by atoms with Gasteiger partial charge in [0.1, 0.15) is 5.76 Å². The lowest BCUT2D eigenvalue weighted by Crippen LogP contribution is -2.23. The molecule has 0 spiro atoms. The van der Waals surface area contributed by atoms with Crippen LogP contribution in [0.25, 0.3) is 0 Å². The van der Waals surface area contributed by atoms with Crippen LogP contribution in [0.1, 0.15) is 17.1 Å². The van der Waals surface area contributed by atoms with Crippen molar-refractivity contribution in [2.45, 2.75) is 19.9 Å². The first-order chi connectivity index (χ1) is 9.52. The molecule has 2 rings (SSSR count). The summed E-state index contributed by atoms with van der Waals surface area (Å²) < 4.78 is 6.00. The maximum Gasteiger partial charge on any atom is 0.226 e. The summed E-state index contributed by atoms with van der Waals surface area (Å²) in [5, 5.41) is 8.50. The van der Waals surface area contributed by atoms with Gasteiger partial charge in [0.15, 0.2) is 5.82 Å². The first-order valence-electron chi connectivity index (χ1n) is 6.17. The SMILES string of the molecule is Cc1cc(NC(=O)CCN(C)Cc2cc(Br)cs2)no1. The van der Waals surface area contributed by atoms with Gasteiger partial charge in [0.05, 0.1) is 0 Å². The van der Waals surface area contributed by atoms with E-state index in [-0.39, 0.29) is 5.91 Å². The highest BCUT2D eigenvalue weighted by Gasteiger charge is 2.08. The fourth-order valence-electron chi connectivity index (χ4n) is 1.70. The van der Waals surface area contributed by atoms with Gasteiger partial charge in [0.25, 0.3) is 0 Å². The minimum Gasteiger partial charge on any atom is -0.360 e. The molecule has 0 aromatic carbocycles. The van der Waals surface area contributed by atoms with Crippen LogP contribution in [-0.4, -0.2) is 29.6 Å². The van der Waals surface area contributed by atoms with Gasteiger partial charge in [0.2, 0.25) is 5.91 Å². The Hall–Kier alpha value is -1.18. The molecular formula is C13H16BrN3O2S. The van der Waals surface area contributed by atoms with E-state index >= 15 is 0 Å². The van der Waals surface area contributed by atoms with Crippen molar-refractivity contribution in [3.63, 3.8) is 0 Å². The Kier molecular flexibility index (Phi) is 5.33. The Morgan fingerprint density at radius 3 is 2.95 bits per heavy atom. The standard InChI is InChI=1S/C13H16BrN3O2S/c1-9-5-12(16-19-9)15-13(18)3-4-17(2)7-11-6-10(14)8-20-11/h5-6,8H,3-4,7H2,1-2H3,(H,15,16,18). The number of halogens is 1. The van der Waals surface area contributed by atoms with Gasteiger partial charge in [-0.1, -0.05) is 5.16 Å². The summed E-state index contributed by atoms with van der Waals surface area (Å²) in [4.78, 5) is 15.1. The summed E-state index contributed by atoms with van der Waals surface area (Å²) in [6.45, 7) is 3.32. The zero-order chi connectivity index (χ0) is 14.5. The van der Waals surface area contributed by atoms with Crippen LogP contribution in [0, 0.1) is 6.92 Å². The van der Waals surface area contributed by atoms with E-state index in [0.29, 0.717) is 24.5 Å². The lowest BCUT2D eigenvalue weighted by atomic mass is 10.3. The second-order valence-corrected chi connectivity index (χ2v) is 6.50. The molecule has 7 heteroatoms. The number of hydrogen-bond acceptors (Lipinski definition) is 5. The molecule has 0 aliphatic rings. The minimum atomic E-state index is -0.0579. The summed E-state index contributed by atoms with van der Waals surface area (Å²) >= 11 is 5.14. The highest BCUT2D eigenvalue weighted by molar-refractivity contribution is 9.10. The maximum atomic E-state index is 11.8. The molecule has 5 nitrogen and oxygen atoms in total.